The highest BCUT2D eigenvalue weighted by Crippen LogP contribution is 2.15. The Hall–Kier alpha value is -1.82. The number of aromatic amines is 1. The fourth-order valence-electron chi connectivity index (χ4n) is 2.28. The molecule has 0 aliphatic carbocycles. The Balaban J connectivity index is 1.65. The molecule has 0 radical (unpaired) electrons. The molecule has 0 saturated carbocycles. The number of halogens is 1. The van der Waals surface area contributed by atoms with Crippen molar-refractivity contribution in [2.45, 2.75) is 11.3 Å². The third kappa shape index (κ3) is 3.32. The predicted octanol–water partition coefficient (Wildman–Crippen LogP) is 3.34. The van der Waals surface area contributed by atoms with Crippen molar-refractivity contribution in [2.75, 3.05) is 6.54 Å². The second-order valence-electron chi connectivity index (χ2n) is 5.00. The van der Waals surface area contributed by atoms with Gasteiger partial charge in [-0.3, -0.25) is 0 Å². The summed E-state index contributed by atoms with van der Waals surface area (Å²) in [5.41, 5.74) is 2.13. The van der Waals surface area contributed by atoms with Crippen molar-refractivity contribution in [3.05, 3.63) is 65.3 Å². The number of nitrogens with one attached hydrogen (secondary N) is 2. The predicted molar refractivity (Wildman–Crippen MR) is 88.6 cm³/mol. The van der Waals surface area contributed by atoms with E-state index in [0.717, 1.165) is 16.5 Å². The highest BCUT2D eigenvalue weighted by Gasteiger charge is 2.12. The Labute approximate surface area is 134 Å². The number of H-pyrrole nitrogens is 1. The van der Waals surface area contributed by atoms with Crippen LogP contribution in [0.3, 0.4) is 0 Å². The van der Waals surface area contributed by atoms with Gasteiger partial charge in [0.15, 0.2) is 0 Å². The van der Waals surface area contributed by atoms with Crippen LogP contribution < -0.4 is 4.72 Å². The molecule has 2 aromatic carbocycles. The molecule has 0 atom stereocenters. The lowest BCUT2D eigenvalue weighted by molar-refractivity contribution is 0.581. The molecule has 0 aliphatic rings. The van der Waals surface area contributed by atoms with Gasteiger partial charge < -0.3 is 4.98 Å². The number of hydrogen-bond donors (Lipinski definition) is 2. The Morgan fingerprint density at radius 2 is 1.82 bits per heavy atom. The fraction of sp³-hybridized carbons (Fsp3) is 0.125. The molecular formula is C16H15ClN2O2S. The molecule has 22 heavy (non-hydrogen) atoms. The van der Waals surface area contributed by atoms with Gasteiger partial charge in [0.25, 0.3) is 0 Å². The highest BCUT2D eigenvalue weighted by molar-refractivity contribution is 7.89. The molecule has 2 N–H and O–H groups in total. The summed E-state index contributed by atoms with van der Waals surface area (Å²) in [6, 6.07) is 14.2. The van der Waals surface area contributed by atoms with Gasteiger partial charge in [0, 0.05) is 23.3 Å². The summed E-state index contributed by atoms with van der Waals surface area (Å²) in [6.07, 6.45) is 2.51. The Morgan fingerprint density at radius 1 is 1.05 bits per heavy atom. The van der Waals surface area contributed by atoms with Crippen LogP contribution in [-0.4, -0.2) is 19.9 Å². The quantitative estimate of drug-likeness (QED) is 0.751. The zero-order chi connectivity index (χ0) is 15.6. The van der Waals surface area contributed by atoms with Crippen LogP contribution >= 0.6 is 11.6 Å². The fourth-order valence-corrected chi connectivity index (χ4v) is 3.44. The third-order valence-corrected chi connectivity index (χ3v) is 5.18. The average Bonchev–Trinajstić information content (AvgIpc) is 2.95. The zero-order valence-corrected chi connectivity index (χ0v) is 13.3. The summed E-state index contributed by atoms with van der Waals surface area (Å²) in [5.74, 6) is 0. The molecule has 0 bridgehead atoms. The van der Waals surface area contributed by atoms with Crippen molar-refractivity contribution in [3.8, 4) is 0 Å². The monoisotopic (exact) mass is 334 g/mol. The molecule has 114 valence electrons. The van der Waals surface area contributed by atoms with Gasteiger partial charge in [0.2, 0.25) is 10.0 Å². The zero-order valence-electron chi connectivity index (χ0n) is 11.7. The molecule has 0 amide bonds. The summed E-state index contributed by atoms with van der Waals surface area (Å²) in [5, 5.41) is 1.66. The number of aromatic nitrogens is 1. The summed E-state index contributed by atoms with van der Waals surface area (Å²) < 4.78 is 26.9. The number of benzene rings is 2. The van der Waals surface area contributed by atoms with E-state index in [9.17, 15) is 8.42 Å². The molecule has 4 nitrogen and oxygen atoms in total. The first kappa shape index (κ1) is 15.1. The van der Waals surface area contributed by atoms with Gasteiger partial charge in [0.1, 0.15) is 0 Å². The average molecular weight is 335 g/mol. The van der Waals surface area contributed by atoms with Gasteiger partial charge in [0.05, 0.1) is 4.90 Å². The maximum Gasteiger partial charge on any atom is 0.240 e. The van der Waals surface area contributed by atoms with E-state index in [-0.39, 0.29) is 4.90 Å². The lowest BCUT2D eigenvalue weighted by Crippen LogP contribution is -2.25. The van der Waals surface area contributed by atoms with Gasteiger partial charge in [-0.15, -0.1) is 0 Å². The highest BCUT2D eigenvalue weighted by atomic mass is 35.5. The molecule has 3 rings (SSSR count). The normalized spacial score (nSPS) is 11.9. The minimum absolute atomic E-state index is 0.219. The van der Waals surface area contributed by atoms with Crippen LogP contribution in [-0.2, 0) is 16.4 Å². The third-order valence-electron chi connectivity index (χ3n) is 3.45. The standard InChI is InChI=1S/C16H15ClN2O2S/c17-14-3-5-15(6-4-14)22(20,21)19-10-7-12-1-2-13-8-9-18-16(13)11-12/h1-6,8-9,11,18-19H,7,10H2. The van der Waals surface area contributed by atoms with E-state index in [1.54, 1.807) is 12.1 Å². The SMILES string of the molecule is O=S(=O)(NCCc1ccc2cc[nH]c2c1)c1ccc(Cl)cc1. The van der Waals surface area contributed by atoms with Crippen LogP contribution in [0.4, 0.5) is 0 Å². The molecule has 0 fully saturated rings. The molecule has 0 saturated heterocycles. The van der Waals surface area contributed by atoms with Crippen molar-refractivity contribution in [3.63, 3.8) is 0 Å². The summed E-state index contributed by atoms with van der Waals surface area (Å²) in [6.45, 7) is 0.344. The van der Waals surface area contributed by atoms with Crippen LogP contribution in [0, 0.1) is 0 Å². The van der Waals surface area contributed by atoms with Crippen LogP contribution in [0.1, 0.15) is 5.56 Å². The van der Waals surface area contributed by atoms with Crippen molar-refractivity contribution in [2.24, 2.45) is 0 Å². The lowest BCUT2D eigenvalue weighted by Gasteiger charge is -2.07. The first-order valence-electron chi connectivity index (χ1n) is 6.86. The number of hydrogen-bond acceptors (Lipinski definition) is 2. The molecule has 6 heteroatoms. The van der Waals surface area contributed by atoms with E-state index in [2.05, 4.69) is 9.71 Å². The van der Waals surface area contributed by atoms with Crippen LogP contribution in [0.2, 0.25) is 5.02 Å². The molecule has 0 aliphatic heterocycles. The Kier molecular flexibility index (Phi) is 4.20. The van der Waals surface area contributed by atoms with E-state index in [1.807, 2.05) is 30.5 Å². The van der Waals surface area contributed by atoms with E-state index >= 15 is 0 Å². The second kappa shape index (κ2) is 6.12. The van der Waals surface area contributed by atoms with Crippen LogP contribution in [0.15, 0.2) is 59.6 Å². The topological polar surface area (TPSA) is 62.0 Å². The van der Waals surface area contributed by atoms with Crippen molar-refractivity contribution in [1.82, 2.24) is 9.71 Å². The first-order chi connectivity index (χ1) is 10.5. The van der Waals surface area contributed by atoms with Gasteiger partial charge in [-0.1, -0.05) is 23.7 Å². The Morgan fingerprint density at radius 3 is 2.59 bits per heavy atom. The molecule has 1 heterocycles. The maximum absolute atomic E-state index is 12.1. The van der Waals surface area contributed by atoms with Gasteiger partial charge in [-0.2, -0.15) is 0 Å². The number of fused-ring (bicyclic) bond motifs is 1. The van der Waals surface area contributed by atoms with E-state index in [1.165, 1.54) is 12.1 Å². The van der Waals surface area contributed by atoms with Crippen molar-refractivity contribution < 1.29 is 8.42 Å². The van der Waals surface area contributed by atoms with Crippen LogP contribution in [0.5, 0.6) is 0 Å². The first-order valence-corrected chi connectivity index (χ1v) is 8.72. The van der Waals surface area contributed by atoms with Crippen molar-refractivity contribution >= 4 is 32.5 Å². The molecule has 0 spiro atoms. The van der Waals surface area contributed by atoms with Crippen molar-refractivity contribution in [1.29, 1.82) is 0 Å². The van der Waals surface area contributed by atoms with Gasteiger partial charge >= 0.3 is 0 Å². The number of sulfonamides is 1. The Bertz CT molecular complexity index is 886. The smallest absolute Gasteiger partial charge is 0.240 e. The minimum Gasteiger partial charge on any atom is -0.361 e. The summed E-state index contributed by atoms with van der Waals surface area (Å²) in [7, 11) is -3.50. The summed E-state index contributed by atoms with van der Waals surface area (Å²) in [4.78, 5) is 3.37. The number of rotatable bonds is 5. The van der Waals surface area contributed by atoms with E-state index < -0.39 is 10.0 Å². The minimum atomic E-state index is -3.50. The van der Waals surface area contributed by atoms with E-state index in [0.29, 0.717) is 18.0 Å². The van der Waals surface area contributed by atoms with Gasteiger partial charge in [-0.25, -0.2) is 13.1 Å². The molecule has 1 aromatic heterocycles. The lowest BCUT2D eigenvalue weighted by atomic mass is 10.1. The van der Waals surface area contributed by atoms with Gasteiger partial charge in [-0.05, 0) is 53.8 Å². The maximum atomic E-state index is 12.1. The van der Waals surface area contributed by atoms with Crippen LogP contribution in [0.25, 0.3) is 10.9 Å². The summed E-state index contributed by atoms with van der Waals surface area (Å²) >= 11 is 5.77. The molecule has 0 unspecified atom stereocenters. The largest absolute Gasteiger partial charge is 0.361 e. The second-order valence-corrected chi connectivity index (χ2v) is 7.20. The molecule has 3 aromatic rings. The molecular weight excluding hydrogens is 320 g/mol. The van der Waals surface area contributed by atoms with E-state index in [4.69, 9.17) is 11.6 Å².